The summed E-state index contributed by atoms with van der Waals surface area (Å²) in [6, 6.07) is 8.56. The number of halogens is 1. The van der Waals surface area contributed by atoms with Gasteiger partial charge in [0.05, 0.1) is 12.0 Å². The molecule has 176 valence electrons. The Hall–Kier alpha value is -3.47. The number of benzene rings is 2. The highest BCUT2D eigenvalue weighted by Crippen LogP contribution is 2.27. The first-order chi connectivity index (χ1) is 15.5. The van der Waals surface area contributed by atoms with Gasteiger partial charge in [0.1, 0.15) is 23.9 Å². The molecule has 0 radical (unpaired) electrons. The van der Waals surface area contributed by atoms with Gasteiger partial charge in [0.2, 0.25) is 0 Å². The summed E-state index contributed by atoms with van der Waals surface area (Å²) in [5.41, 5.74) is 0.254. The molecule has 2 aromatic carbocycles. The predicted molar refractivity (Wildman–Crippen MR) is 120 cm³/mol. The van der Waals surface area contributed by atoms with Crippen LogP contribution in [0.1, 0.15) is 31.9 Å². The van der Waals surface area contributed by atoms with Gasteiger partial charge in [-0.25, -0.2) is 22.6 Å². The van der Waals surface area contributed by atoms with Gasteiger partial charge in [-0.3, -0.25) is 9.71 Å². The SMILES string of the molecule is COc1cc(C=NCN=C2NS(=O)(=O)c3ccc(OCC(=O)OC(C)(C)C)cc32)ccc1F. The van der Waals surface area contributed by atoms with Crippen LogP contribution in [0.4, 0.5) is 4.39 Å². The number of hydrogen-bond acceptors (Lipinski definition) is 8. The molecule has 0 saturated carbocycles. The first-order valence-corrected chi connectivity index (χ1v) is 11.4. The van der Waals surface area contributed by atoms with Gasteiger partial charge in [-0.1, -0.05) is 6.07 Å². The Bertz CT molecular complexity index is 1220. The van der Waals surface area contributed by atoms with Gasteiger partial charge < -0.3 is 14.2 Å². The Balaban J connectivity index is 1.73. The van der Waals surface area contributed by atoms with Crippen molar-refractivity contribution in [2.45, 2.75) is 31.3 Å². The van der Waals surface area contributed by atoms with Crippen LogP contribution in [0, 0.1) is 5.82 Å². The summed E-state index contributed by atoms with van der Waals surface area (Å²) < 4.78 is 56.1. The number of rotatable bonds is 7. The number of nitrogens with zero attached hydrogens (tertiary/aromatic N) is 2. The van der Waals surface area contributed by atoms with Gasteiger partial charge >= 0.3 is 5.97 Å². The molecule has 33 heavy (non-hydrogen) atoms. The normalized spacial score (nSPS) is 15.8. The molecule has 0 spiro atoms. The molecule has 11 heteroatoms. The van der Waals surface area contributed by atoms with Crippen molar-refractivity contribution >= 4 is 28.0 Å². The number of carbonyl (C=O) groups excluding carboxylic acids is 1. The van der Waals surface area contributed by atoms with E-state index in [0.29, 0.717) is 11.1 Å². The maximum atomic E-state index is 13.5. The molecule has 0 aliphatic carbocycles. The van der Waals surface area contributed by atoms with E-state index in [2.05, 4.69) is 14.7 Å². The number of carbonyl (C=O) groups is 1. The highest BCUT2D eigenvalue weighted by atomic mass is 32.2. The molecule has 0 amide bonds. The van der Waals surface area contributed by atoms with Crippen LogP contribution < -0.4 is 14.2 Å². The summed E-state index contributed by atoms with van der Waals surface area (Å²) in [4.78, 5) is 20.2. The zero-order valence-corrected chi connectivity index (χ0v) is 19.4. The highest BCUT2D eigenvalue weighted by Gasteiger charge is 2.31. The zero-order valence-electron chi connectivity index (χ0n) is 18.6. The lowest BCUT2D eigenvalue weighted by molar-refractivity contribution is -0.157. The third-order valence-corrected chi connectivity index (χ3v) is 5.63. The summed E-state index contributed by atoms with van der Waals surface area (Å²) in [6.45, 7) is 4.83. The molecule has 9 nitrogen and oxygen atoms in total. The molecular weight excluding hydrogens is 453 g/mol. The van der Waals surface area contributed by atoms with Gasteiger partial charge in [-0.05, 0) is 56.7 Å². The van der Waals surface area contributed by atoms with E-state index in [0.717, 1.165) is 0 Å². The van der Waals surface area contributed by atoms with Gasteiger partial charge in [0.25, 0.3) is 10.0 Å². The van der Waals surface area contributed by atoms with E-state index in [1.807, 2.05) is 0 Å². The Morgan fingerprint density at radius 2 is 1.94 bits per heavy atom. The van der Waals surface area contributed by atoms with E-state index in [1.165, 1.54) is 49.7 Å². The maximum Gasteiger partial charge on any atom is 0.344 e. The van der Waals surface area contributed by atoms with Crippen molar-refractivity contribution in [2.24, 2.45) is 9.98 Å². The average Bonchev–Trinajstić information content (AvgIpc) is 2.99. The second kappa shape index (κ2) is 9.57. The monoisotopic (exact) mass is 477 g/mol. The fourth-order valence-electron chi connectivity index (χ4n) is 2.90. The van der Waals surface area contributed by atoms with E-state index in [-0.39, 0.29) is 35.5 Å². The molecule has 0 saturated heterocycles. The minimum Gasteiger partial charge on any atom is -0.494 e. The number of nitrogens with one attached hydrogen (secondary N) is 1. The molecule has 3 rings (SSSR count). The first-order valence-electron chi connectivity index (χ1n) is 9.88. The van der Waals surface area contributed by atoms with E-state index < -0.39 is 27.4 Å². The summed E-state index contributed by atoms with van der Waals surface area (Å²) in [6.07, 6.45) is 1.47. The molecular formula is C22H24FN3O6S. The quantitative estimate of drug-likeness (QED) is 0.484. The van der Waals surface area contributed by atoms with Crippen molar-refractivity contribution in [3.63, 3.8) is 0 Å². The van der Waals surface area contributed by atoms with Crippen molar-refractivity contribution in [3.8, 4) is 11.5 Å². The van der Waals surface area contributed by atoms with E-state index in [9.17, 15) is 17.6 Å². The molecule has 2 aromatic rings. The summed E-state index contributed by atoms with van der Waals surface area (Å²) >= 11 is 0. The summed E-state index contributed by atoms with van der Waals surface area (Å²) in [5.74, 6) is -0.567. The smallest absolute Gasteiger partial charge is 0.344 e. The first kappa shape index (κ1) is 24.2. The lowest BCUT2D eigenvalue weighted by Gasteiger charge is -2.19. The number of esters is 1. The molecule has 1 aliphatic heterocycles. The van der Waals surface area contributed by atoms with Crippen LogP contribution in [0.15, 0.2) is 51.3 Å². The van der Waals surface area contributed by atoms with Crippen molar-refractivity contribution in [3.05, 3.63) is 53.3 Å². The Kier molecular flexibility index (Phi) is 7.01. The third-order valence-electron chi connectivity index (χ3n) is 4.23. The van der Waals surface area contributed by atoms with Crippen LogP contribution in [0.3, 0.4) is 0 Å². The van der Waals surface area contributed by atoms with E-state index >= 15 is 0 Å². The van der Waals surface area contributed by atoms with Gasteiger partial charge in [0.15, 0.2) is 18.2 Å². The van der Waals surface area contributed by atoms with Crippen molar-refractivity contribution in [1.82, 2.24) is 4.72 Å². The number of fused-ring (bicyclic) bond motifs is 1. The van der Waals surface area contributed by atoms with Gasteiger partial charge in [-0.2, -0.15) is 0 Å². The standard InChI is InChI=1S/C22H24FN3O6S/c1-22(2,3)32-20(27)12-31-15-6-8-19-16(10-15)21(26-33(19,28)29)25-13-24-11-14-5-7-17(23)18(9-14)30-4/h5-11H,12-13H2,1-4H3,(H,25,26). The van der Waals surface area contributed by atoms with Crippen molar-refractivity contribution in [1.29, 1.82) is 0 Å². The number of aliphatic imine (C=N–C) groups is 2. The van der Waals surface area contributed by atoms with Crippen LogP contribution in [0.25, 0.3) is 0 Å². The van der Waals surface area contributed by atoms with Gasteiger partial charge in [0, 0.05) is 11.8 Å². The number of amidine groups is 1. The Morgan fingerprint density at radius 1 is 1.18 bits per heavy atom. The molecule has 1 N–H and O–H groups in total. The number of ether oxygens (including phenoxy) is 3. The number of hydrogen-bond donors (Lipinski definition) is 1. The van der Waals surface area contributed by atoms with E-state index in [1.54, 1.807) is 20.8 Å². The minimum absolute atomic E-state index is 0.0399. The topological polar surface area (TPSA) is 116 Å². The zero-order chi connectivity index (χ0) is 24.2. The van der Waals surface area contributed by atoms with Crippen LogP contribution in [0.5, 0.6) is 11.5 Å². The lowest BCUT2D eigenvalue weighted by Crippen LogP contribution is -2.27. The fourth-order valence-corrected chi connectivity index (χ4v) is 4.13. The molecule has 0 fully saturated rings. The predicted octanol–water partition coefficient (Wildman–Crippen LogP) is 2.67. The van der Waals surface area contributed by atoms with Gasteiger partial charge in [-0.15, -0.1) is 0 Å². The summed E-state index contributed by atoms with van der Waals surface area (Å²) in [5, 5.41) is 0. The largest absolute Gasteiger partial charge is 0.494 e. The molecule has 0 aromatic heterocycles. The highest BCUT2D eigenvalue weighted by molar-refractivity contribution is 7.90. The van der Waals surface area contributed by atoms with Crippen LogP contribution >= 0.6 is 0 Å². The van der Waals surface area contributed by atoms with Crippen LogP contribution in [-0.4, -0.2) is 52.4 Å². The molecule has 1 aliphatic rings. The minimum atomic E-state index is -3.77. The number of sulfonamides is 1. The molecule has 0 atom stereocenters. The maximum absolute atomic E-state index is 13.5. The summed E-state index contributed by atoms with van der Waals surface area (Å²) in [7, 11) is -2.41. The second-order valence-electron chi connectivity index (χ2n) is 7.99. The second-order valence-corrected chi connectivity index (χ2v) is 9.64. The Morgan fingerprint density at radius 3 is 2.64 bits per heavy atom. The average molecular weight is 478 g/mol. The van der Waals surface area contributed by atoms with Crippen molar-refractivity contribution in [2.75, 3.05) is 20.4 Å². The number of methoxy groups -OCH3 is 1. The fraction of sp³-hybridized carbons (Fsp3) is 0.318. The van der Waals surface area contributed by atoms with Crippen LogP contribution in [-0.2, 0) is 19.6 Å². The third kappa shape index (κ3) is 6.28. The molecule has 0 bridgehead atoms. The Labute approximate surface area is 191 Å². The van der Waals surface area contributed by atoms with Crippen LogP contribution in [0.2, 0.25) is 0 Å². The van der Waals surface area contributed by atoms with E-state index in [4.69, 9.17) is 14.2 Å². The molecule has 0 unspecified atom stereocenters. The molecule has 1 heterocycles. The lowest BCUT2D eigenvalue weighted by atomic mass is 10.2. The van der Waals surface area contributed by atoms with Crippen molar-refractivity contribution < 1.29 is 31.8 Å².